The molecule has 9 aromatic carbocycles. The number of nitrogens with two attached hydrogens (primary N) is 5. The third-order valence-corrected chi connectivity index (χ3v) is 25.8. The van der Waals surface area contributed by atoms with Gasteiger partial charge < -0.3 is 68.0 Å². The van der Waals surface area contributed by atoms with E-state index in [1.807, 2.05) is 177 Å². The van der Waals surface area contributed by atoms with E-state index in [2.05, 4.69) is 54.5 Å². The Bertz CT molecular complexity index is 5490. The average molecular weight is 1930 g/mol. The van der Waals surface area contributed by atoms with Gasteiger partial charge in [0, 0.05) is 175 Å². The van der Waals surface area contributed by atoms with Gasteiger partial charge in [0.05, 0.1) is 44.9 Å². The van der Waals surface area contributed by atoms with E-state index in [1.54, 1.807) is 43.3 Å². The number of benzene rings is 9. The van der Waals surface area contributed by atoms with Crippen LogP contribution in [0.3, 0.4) is 0 Å². The van der Waals surface area contributed by atoms with Crippen LogP contribution in [0, 0.1) is 18.2 Å². The van der Waals surface area contributed by atoms with Gasteiger partial charge in [-0.15, -0.1) is 6.42 Å². The SMILES string of the molecule is C#CCNC(=O)CC(CC(=O)CCC(=O)OCC)c1ccc(N)cc1.CN(C)Cc1ccccc1C1CCCN1C(=O)CCC(=O)CCc1ccc(N)cc1.Nc1ccc(CCC(=O)CCC(=O)N2CCCC2COCc2ccccc2)cc1.Nc1ccc(CCC(=O)CCC(=O)N2CCCC2Cc2cccc(Cl)c2)cc1.Nc1ccc(CCC(=O)CCC(=O)N2CCCC2Cc2ccccc2F)cc1. The number of halogens is 2. The second kappa shape index (κ2) is 60.0. The number of nitrogens with zero attached hydrogens (tertiary/aromatic N) is 5. The number of rotatable bonds is 45. The van der Waals surface area contributed by atoms with E-state index in [-0.39, 0.29) is 152 Å². The maximum absolute atomic E-state index is 13.9. The first-order valence-electron chi connectivity index (χ1n) is 49.2. The highest BCUT2D eigenvalue weighted by molar-refractivity contribution is 6.30. The molecule has 0 aliphatic carbocycles. The Morgan fingerprint density at radius 1 is 0.429 bits per heavy atom. The number of likely N-dealkylation sites (tertiary alicyclic amines) is 4. The van der Waals surface area contributed by atoms with Crippen molar-refractivity contribution < 1.29 is 66.6 Å². The van der Waals surface area contributed by atoms with Gasteiger partial charge in [0.15, 0.2) is 0 Å². The molecule has 4 aliphatic rings. The third kappa shape index (κ3) is 40.0. The minimum atomic E-state index is -0.397. The fourth-order valence-corrected chi connectivity index (χ4v) is 18.1. The van der Waals surface area contributed by atoms with Gasteiger partial charge in [0.2, 0.25) is 29.5 Å². The van der Waals surface area contributed by atoms with E-state index in [4.69, 9.17) is 56.2 Å². The normalized spacial score (nSPS) is 15.3. The Kier molecular flexibility index (Phi) is 47.3. The summed E-state index contributed by atoms with van der Waals surface area (Å²) in [5.74, 6) is 1.85. The van der Waals surface area contributed by atoms with E-state index in [0.29, 0.717) is 127 Å². The first kappa shape index (κ1) is 110. The molecular formula is C114H141ClFN11O13. The lowest BCUT2D eigenvalue weighted by Gasteiger charge is -2.27. The molecule has 4 heterocycles. The van der Waals surface area contributed by atoms with Crippen LogP contribution in [0.15, 0.2) is 224 Å². The summed E-state index contributed by atoms with van der Waals surface area (Å²) in [5, 5.41) is 3.32. The molecule has 5 amide bonds. The van der Waals surface area contributed by atoms with Gasteiger partial charge >= 0.3 is 5.97 Å². The second-order valence-electron chi connectivity index (χ2n) is 36.7. The van der Waals surface area contributed by atoms with Gasteiger partial charge in [-0.1, -0.05) is 163 Å². The van der Waals surface area contributed by atoms with E-state index >= 15 is 0 Å². The lowest BCUT2D eigenvalue weighted by atomic mass is 9.89. The Morgan fingerprint density at radius 3 is 1.29 bits per heavy atom. The summed E-state index contributed by atoms with van der Waals surface area (Å²) in [6.07, 6.45) is 21.6. The quantitative estimate of drug-likeness (QED) is 0.0117. The van der Waals surface area contributed by atoms with Gasteiger partial charge in [-0.3, -0.25) is 52.7 Å². The number of ether oxygens (including phenoxy) is 2. The molecule has 140 heavy (non-hydrogen) atoms. The summed E-state index contributed by atoms with van der Waals surface area (Å²) in [7, 11) is 4.12. The zero-order chi connectivity index (χ0) is 101. The van der Waals surface area contributed by atoms with Crippen LogP contribution >= 0.6 is 11.6 Å². The topological polar surface area (TPSA) is 365 Å². The van der Waals surface area contributed by atoms with Crippen LogP contribution in [0.25, 0.3) is 0 Å². The fraction of sp³-hybridized carbons (Fsp3) is 0.412. The van der Waals surface area contributed by atoms with Crippen molar-refractivity contribution in [3.8, 4) is 12.3 Å². The molecule has 11 N–H and O–H groups in total. The molecule has 4 saturated heterocycles. The predicted octanol–water partition coefficient (Wildman–Crippen LogP) is 17.9. The number of carbonyl (C=O) groups excluding carboxylic acids is 11. The highest BCUT2D eigenvalue weighted by Gasteiger charge is 2.35. The molecule has 9 aromatic rings. The molecule has 5 unspecified atom stereocenters. The lowest BCUT2D eigenvalue weighted by Crippen LogP contribution is -2.38. The van der Waals surface area contributed by atoms with Crippen molar-refractivity contribution in [2.45, 2.75) is 243 Å². The van der Waals surface area contributed by atoms with Crippen molar-refractivity contribution in [3.63, 3.8) is 0 Å². The minimum absolute atomic E-state index is 0.000302. The number of amides is 5. The largest absolute Gasteiger partial charge is 0.466 e. The van der Waals surface area contributed by atoms with Crippen LogP contribution in [0.2, 0.25) is 5.02 Å². The van der Waals surface area contributed by atoms with E-state index in [0.717, 1.165) is 145 Å². The molecule has 4 aliphatic heterocycles. The van der Waals surface area contributed by atoms with Crippen molar-refractivity contribution in [2.75, 3.05) is 88.7 Å². The maximum atomic E-state index is 13.9. The van der Waals surface area contributed by atoms with E-state index in [9.17, 15) is 57.1 Å². The van der Waals surface area contributed by atoms with E-state index in [1.165, 1.54) is 17.2 Å². The first-order valence-corrected chi connectivity index (χ1v) is 49.6. The molecule has 24 nitrogen and oxygen atoms in total. The molecule has 26 heteroatoms. The van der Waals surface area contributed by atoms with Gasteiger partial charge in [0.1, 0.15) is 34.7 Å². The number of nitrogens with one attached hydrogen (secondary N) is 1. The number of anilines is 5. The molecule has 5 atom stereocenters. The van der Waals surface area contributed by atoms with Crippen LogP contribution in [-0.4, -0.2) is 167 Å². The molecule has 13 rings (SSSR count). The van der Waals surface area contributed by atoms with Gasteiger partial charge in [0.25, 0.3) is 0 Å². The number of hydrogen-bond acceptors (Lipinski definition) is 19. The summed E-state index contributed by atoms with van der Waals surface area (Å²) in [6.45, 7) is 7.12. The predicted molar refractivity (Wildman–Crippen MR) is 552 cm³/mol. The molecule has 4 fully saturated rings. The number of aryl methyl sites for hydroxylation is 4. The summed E-state index contributed by atoms with van der Waals surface area (Å²) in [5.41, 5.74) is 42.5. The van der Waals surface area contributed by atoms with Crippen molar-refractivity contribution >= 4 is 104 Å². The summed E-state index contributed by atoms with van der Waals surface area (Å²) in [6, 6.07) is 70.8. The summed E-state index contributed by atoms with van der Waals surface area (Å²) in [4.78, 5) is 145. The van der Waals surface area contributed by atoms with Gasteiger partial charge in [-0.05, 0) is 251 Å². The molecule has 0 bridgehead atoms. The number of nitrogen functional groups attached to an aromatic ring is 5. The van der Waals surface area contributed by atoms with Crippen molar-refractivity contribution in [2.24, 2.45) is 0 Å². The Morgan fingerprint density at radius 2 is 0.829 bits per heavy atom. The van der Waals surface area contributed by atoms with Crippen LogP contribution in [-0.2, 0) is 114 Å². The van der Waals surface area contributed by atoms with Crippen LogP contribution in [0.5, 0.6) is 0 Å². The van der Waals surface area contributed by atoms with Crippen LogP contribution < -0.4 is 34.0 Å². The highest BCUT2D eigenvalue weighted by atomic mass is 35.5. The average Bonchev–Trinajstić information content (AvgIpc) is 1.62. The number of hydrogen-bond donors (Lipinski definition) is 6. The molecule has 0 aromatic heterocycles. The van der Waals surface area contributed by atoms with Crippen LogP contribution in [0.4, 0.5) is 32.8 Å². The number of esters is 1. The van der Waals surface area contributed by atoms with Crippen molar-refractivity contribution in [1.82, 2.24) is 29.8 Å². The Balaban J connectivity index is 0.000000196. The smallest absolute Gasteiger partial charge is 0.306 e. The molecule has 0 saturated carbocycles. The summed E-state index contributed by atoms with van der Waals surface area (Å²) < 4.78 is 24.6. The monoisotopic (exact) mass is 1930 g/mol. The molecule has 0 spiro atoms. The minimum Gasteiger partial charge on any atom is -0.466 e. The Labute approximate surface area is 830 Å². The lowest BCUT2D eigenvalue weighted by molar-refractivity contribution is -0.144. The fourth-order valence-electron chi connectivity index (χ4n) is 17.9. The number of carbonyl (C=O) groups is 11. The standard InChI is InChI=1S/C25H33N3O2.C24H30N2O3.C23H27ClN2O2.C23H27FN2O2.C19H24N2O4/c1-27(2)18-20-6-3-4-7-23(20)24-8-5-17-28(24)25(30)16-15-22(29)14-11-19-9-12-21(26)13-10-19;25-21-11-8-19(9-12-21)10-13-23(27)14-15-24(28)26-16-4-7-22(26)18-29-17-20-5-2-1-3-6-20;24-19-4-1-3-18(15-19)16-21-5-2-14-26(21)23(28)13-12-22(27)11-8-17-6-9-20(25)10-7-17;24-22-6-2-1-4-18(22)16-20-5-3-15-26(20)23(28)14-13-21(27)12-9-17-7-10-19(25)11-8-17;1-3-11-21-18(23)13-15(14-5-7-16(20)8-6-14)12-17(22)9-10-19(24)25-4-2/h3-4,6-7,9-10,12-13,24H,5,8,11,14-18,26H2,1-2H3;1-3,5-6,8-9,11-12,22H,4,7,10,13-18,25H2;1,3-4,6-7,9-10,15,21H,2,5,8,11-14,16,25H2;1-2,4,6-8,10-11,20H,3,5,9,12-16,25H2;1,5-8,15H,4,9-13,20H2,2H3,(H,21,23). The van der Waals surface area contributed by atoms with Crippen molar-refractivity contribution in [3.05, 3.63) is 291 Å². The van der Waals surface area contributed by atoms with E-state index < -0.39 is 5.97 Å². The zero-order valence-electron chi connectivity index (χ0n) is 81.6. The van der Waals surface area contributed by atoms with Crippen LogP contribution in [0.1, 0.15) is 229 Å². The Hall–Kier alpha value is -13.2. The highest BCUT2D eigenvalue weighted by Crippen LogP contribution is 2.36. The van der Waals surface area contributed by atoms with Gasteiger partial charge in [-0.2, -0.15) is 0 Å². The summed E-state index contributed by atoms with van der Waals surface area (Å²) >= 11 is 6.07. The first-order chi connectivity index (χ1) is 67.5. The number of terminal acetylenes is 1. The number of Topliss-reactive ketones (excluding diaryl/α,β-unsaturated/α-hetero) is 5. The van der Waals surface area contributed by atoms with Crippen molar-refractivity contribution in [1.29, 1.82) is 0 Å². The zero-order valence-corrected chi connectivity index (χ0v) is 82.3. The maximum Gasteiger partial charge on any atom is 0.306 e. The molecule has 744 valence electrons. The molecule has 0 radical (unpaired) electrons. The van der Waals surface area contributed by atoms with Gasteiger partial charge in [-0.25, -0.2) is 4.39 Å². The number of ketones is 5. The third-order valence-electron chi connectivity index (χ3n) is 25.5. The second-order valence-corrected chi connectivity index (χ2v) is 37.1. The molecular weight excluding hydrogens is 1790 g/mol.